The highest BCUT2D eigenvalue weighted by molar-refractivity contribution is 6.00. The Morgan fingerprint density at radius 2 is 1.59 bits per heavy atom. The molecule has 0 radical (unpaired) electrons. The van der Waals surface area contributed by atoms with Crippen LogP contribution in [0.4, 0.5) is 40.8 Å². The van der Waals surface area contributed by atoms with E-state index in [9.17, 15) is 18.0 Å². The number of hydrogen-bond donors (Lipinski definition) is 2. The molecule has 39 heavy (non-hydrogen) atoms. The van der Waals surface area contributed by atoms with E-state index in [0.29, 0.717) is 49.1 Å². The summed E-state index contributed by atoms with van der Waals surface area (Å²) in [4.78, 5) is 25.3. The molecular weight excluding hydrogens is 515 g/mol. The number of rotatable bonds is 6. The van der Waals surface area contributed by atoms with E-state index in [2.05, 4.69) is 30.9 Å². The van der Waals surface area contributed by atoms with Crippen molar-refractivity contribution in [3.63, 3.8) is 0 Å². The summed E-state index contributed by atoms with van der Waals surface area (Å²) in [6.45, 7) is 0.610. The minimum Gasteiger partial charge on any atom is -0.378 e. The number of halogens is 3. The third-order valence-electron chi connectivity index (χ3n) is 6.03. The van der Waals surface area contributed by atoms with Gasteiger partial charge in [-0.25, -0.2) is 19.4 Å². The second-order valence-corrected chi connectivity index (χ2v) is 9.10. The van der Waals surface area contributed by atoms with Crippen LogP contribution in [0.1, 0.15) is 0 Å². The topological polar surface area (TPSA) is 113 Å². The number of aromatic nitrogens is 5. The van der Waals surface area contributed by atoms with E-state index in [-0.39, 0.29) is 17.0 Å². The van der Waals surface area contributed by atoms with Gasteiger partial charge in [0.05, 0.1) is 13.2 Å². The molecule has 1 saturated heterocycles. The monoisotopic (exact) mass is 541 g/mol. The minimum atomic E-state index is -4.49. The molecule has 1 fully saturated rings. The van der Waals surface area contributed by atoms with Gasteiger partial charge < -0.3 is 25.2 Å². The lowest BCUT2D eigenvalue weighted by molar-refractivity contribution is -0.142. The Hall–Kier alpha value is -4.46. The van der Waals surface area contributed by atoms with Crippen molar-refractivity contribution in [2.45, 2.75) is 12.7 Å². The fraction of sp³-hybridized carbons (Fsp3) is 0.320. The largest absolute Gasteiger partial charge is 0.408 e. The van der Waals surface area contributed by atoms with E-state index in [1.54, 1.807) is 36.4 Å². The fourth-order valence-electron chi connectivity index (χ4n) is 4.08. The molecule has 4 aromatic rings. The first-order chi connectivity index (χ1) is 18.7. The van der Waals surface area contributed by atoms with E-state index < -0.39 is 18.8 Å². The second kappa shape index (κ2) is 10.7. The van der Waals surface area contributed by atoms with E-state index in [1.165, 1.54) is 0 Å². The van der Waals surface area contributed by atoms with Crippen LogP contribution in [0.15, 0.2) is 48.5 Å². The molecule has 2 amide bonds. The lowest BCUT2D eigenvalue weighted by atomic mass is 10.2. The Kier molecular flexibility index (Phi) is 7.19. The number of morpholine rings is 1. The zero-order chi connectivity index (χ0) is 27.6. The number of benzene rings is 2. The summed E-state index contributed by atoms with van der Waals surface area (Å²) in [5, 5.41) is 13.2. The highest BCUT2D eigenvalue weighted by Crippen LogP contribution is 2.29. The molecule has 3 heterocycles. The van der Waals surface area contributed by atoms with E-state index >= 15 is 0 Å². The number of urea groups is 1. The molecule has 1 aliphatic heterocycles. The molecule has 0 bridgehead atoms. The van der Waals surface area contributed by atoms with E-state index in [0.717, 1.165) is 10.4 Å². The summed E-state index contributed by atoms with van der Waals surface area (Å²) < 4.78 is 45.6. The molecule has 1 aliphatic rings. The van der Waals surface area contributed by atoms with Crippen molar-refractivity contribution in [1.29, 1.82) is 0 Å². The average Bonchev–Trinajstić information content (AvgIpc) is 3.30. The van der Waals surface area contributed by atoms with Crippen molar-refractivity contribution >= 4 is 40.1 Å². The predicted molar refractivity (Wildman–Crippen MR) is 141 cm³/mol. The Morgan fingerprint density at radius 3 is 2.18 bits per heavy atom. The summed E-state index contributed by atoms with van der Waals surface area (Å²) in [7, 11) is 3.86. The summed E-state index contributed by atoms with van der Waals surface area (Å²) in [5.41, 5.74) is 2.89. The Morgan fingerprint density at radius 1 is 0.974 bits per heavy atom. The van der Waals surface area contributed by atoms with E-state index in [4.69, 9.17) is 4.74 Å². The molecule has 2 aromatic heterocycles. The molecule has 0 unspecified atom stereocenters. The number of nitrogens with zero attached hydrogens (tertiary/aromatic N) is 7. The van der Waals surface area contributed by atoms with Gasteiger partial charge >= 0.3 is 12.2 Å². The van der Waals surface area contributed by atoms with Gasteiger partial charge in [0.1, 0.15) is 6.54 Å². The number of amides is 2. The highest BCUT2D eigenvalue weighted by Gasteiger charge is 2.31. The van der Waals surface area contributed by atoms with Gasteiger partial charge in [-0.2, -0.15) is 13.2 Å². The third-order valence-corrected chi connectivity index (χ3v) is 6.03. The zero-order valence-corrected chi connectivity index (χ0v) is 21.2. The standard InChI is InChI=1S/C25H26F3N9O2/c1-35(2)19-9-7-18(8-10-19)30-24(38)29-17-5-3-16(4-6-17)21-31-22(36-11-13-39-14-12-36)20-23(32-21)37(34-33-20)15-25(26,27)28/h3-10H,11-15H2,1-2H3,(H2,29,30,38). The van der Waals surface area contributed by atoms with Gasteiger partial charge in [-0.15, -0.1) is 5.10 Å². The average molecular weight is 542 g/mol. The number of nitrogens with one attached hydrogen (secondary N) is 2. The molecule has 0 aliphatic carbocycles. The lowest BCUT2D eigenvalue weighted by Crippen LogP contribution is -2.37. The molecule has 0 saturated carbocycles. The molecule has 0 atom stereocenters. The first-order valence-electron chi connectivity index (χ1n) is 12.1. The summed E-state index contributed by atoms with van der Waals surface area (Å²) in [5.74, 6) is 0.611. The van der Waals surface area contributed by atoms with Gasteiger partial charge in [0, 0.05) is 49.8 Å². The number of alkyl halides is 3. The molecule has 14 heteroatoms. The fourth-order valence-corrected chi connectivity index (χ4v) is 4.08. The SMILES string of the molecule is CN(C)c1ccc(NC(=O)Nc2ccc(-c3nc(N4CCOCC4)c4nnn(CC(F)(F)F)c4n3)cc2)cc1. The number of carbonyl (C=O) groups is 1. The molecule has 11 nitrogen and oxygen atoms in total. The molecule has 0 spiro atoms. The summed E-state index contributed by atoms with van der Waals surface area (Å²) in [6.07, 6.45) is -4.49. The molecule has 204 valence electrons. The quantitative estimate of drug-likeness (QED) is 0.377. The van der Waals surface area contributed by atoms with Gasteiger partial charge in [-0.05, 0) is 48.5 Å². The Balaban J connectivity index is 1.38. The van der Waals surface area contributed by atoms with Crippen molar-refractivity contribution in [1.82, 2.24) is 25.0 Å². The zero-order valence-electron chi connectivity index (χ0n) is 21.2. The summed E-state index contributed by atoms with van der Waals surface area (Å²) >= 11 is 0. The number of ether oxygens (including phenoxy) is 1. The number of fused-ring (bicyclic) bond motifs is 1. The predicted octanol–water partition coefficient (Wildman–Crippen LogP) is 4.00. The lowest BCUT2D eigenvalue weighted by Gasteiger charge is -2.28. The Bertz CT molecular complexity index is 1450. The van der Waals surface area contributed by atoms with Crippen molar-refractivity contribution < 1.29 is 22.7 Å². The van der Waals surface area contributed by atoms with Crippen molar-refractivity contribution in [2.75, 3.05) is 60.8 Å². The van der Waals surface area contributed by atoms with Crippen LogP contribution in [0.3, 0.4) is 0 Å². The molecule has 5 rings (SSSR count). The first kappa shape index (κ1) is 26.2. The first-order valence-corrected chi connectivity index (χ1v) is 12.1. The maximum atomic E-state index is 13.2. The highest BCUT2D eigenvalue weighted by atomic mass is 19.4. The van der Waals surface area contributed by atoms with E-state index in [1.807, 2.05) is 36.0 Å². The van der Waals surface area contributed by atoms with Crippen LogP contribution in [0, 0.1) is 0 Å². The van der Waals surface area contributed by atoms with Gasteiger partial charge in [-0.1, -0.05) is 5.21 Å². The minimum absolute atomic E-state index is 0.0133. The maximum absolute atomic E-state index is 13.2. The van der Waals surface area contributed by atoms with Gasteiger partial charge in [0.25, 0.3) is 0 Å². The van der Waals surface area contributed by atoms with Crippen molar-refractivity contribution in [3.05, 3.63) is 48.5 Å². The van der Waals surface area contributed by atoms with Crippen LogP contribution >= 0.6 is 0 Å². The molecular formula is C25H26F3N9O2. The van der Waals surface area contributed by atoms with Crippen LogP contribution in [0.5, 0.6) is 0 Å². The number of hydrogen-bond acceptors (Lipinski definition) is 8. The van der Waals surface area contributed by atoms with Gasteiger partial charge in [0.15, 0.2) is 22.8 Å². The van der Waals surface area contributed by atoms with Gasteiger partial charge in [0.2, 0.25) is 0 Å². The van der Waals surface area contributed by atoms with Crippen LogP contribution in [0.25, 0.3) is 22.6 Å². The second-order valence-electron chi connectivity index (χ2n) is 9.10. The third kappa shape index (κ3) is 6.17. The van der Waals surface area contributed by atoms with Crippen LogP contribution in [0.2, 0.25) is 0 Å². The van der Waals surface area contributed by atoms with Gasteiger partial charge in [-0.3, -0.25) is 0 Å². The van der Waals surface area contributed by atoms with Crippen LogP contribution < -0.4 is 20.4 Å². The van der Waals surface area contributed by atoms with Crippen molar-refractivity contribution in [3.8, 4) is 11.4 Å². The van der Waals surface area contributed by atoms with Crippen LogP contribution in [-0.2, 0) is 11.3 Å². The normalized spacial score (nSPS) is 13.9. The van der Waals surface area contributed by atoms with Crippen molar-refractivity contribution in [2.24, 2.45) is 0 Å². The molecule has 2 N–H and O–H groups in total. The Labute approximate surface area is 221 Å². The smallest absolute Gasteiger partial charge is 0.378 e. The number of anilines is 4. The maximum Gasteiger partial charge on any atom is 0.408 e. The molecule has 2 aromatic carbocycles. The summed E-state index contributed by atoms with van der Waals surface area (Å²) in [6, 6.07) is 13.7. The number of carbonyl (C=O) groups excluding carboxylic acids is 1. The van der Waals surface area contributed by atoms with Crippen LogP contribution in [-0.4, -0.2) is 77.6 Å².